The van der Waals surface area contributed by atoms with Crippen molar-refractivity contribution in [3.05, 3.63) is 28.8 Å². The molecule has 0 aliphatic heterocycles. The van der Waals surface area contributed by atoms with Gasteiger partial charge in [0.2, 0.25) is 0 Å². The highest BCUT2D eigenvalue weighted by Crippen LogP contribution is 2.25. The summed E-state index contributed by atoms with van der Waals surface area (Å²) in [5, 5.41) is 0.718. The summed E-state index contributed by atoms with van der Waals surface area (Å²) in [7, 11) is 0. The van der Waals surface area contributed by atoms with Crippen molar-refractivity contribution < 1.29 is 9.64 Å². The summed E-state index contributed by atoms with van der Waals surface area (Å²) in [5.41, 5.74) is 1.17. The van der Waals surface area contributed by atoms with Gasteiger partial charge in [0, 0.05) is 0 Å². The summed E-state index contributed by atoms with van der Waals surface area (Å²) in [6.07, 6.45) is 4.97. The number of quaternary nitrogens is 1. The first-order valence-electron chi connectivity index (χ1n) is 7.89. The van der Waals surface area contributed by atoms with Gasteiger partial charge in [0.05, 0.1) is 31.3 Å². The maximum absolute atomic E-state index is 6.13. The molecule has 1 N–H and O–H groups in total. The van der Waals surface area contributed by atoms with E-state index in [0.717, 1.165) is 23.8 Å². The van der Waals surface area contributed by atoms with E-state index in [1.807, 2.05) is 25.1 Å². The third-order valence-electron chi connectivity index (χ3n) is 3.77. The summed E-state index contributed by atoms with van der Waals surface area (Å²) in [4.78, 5) is 1.70. The normalized spacial score (nSPS) is 11.1. The van der Waals surface area contributed by atoms with Crippen LogP contribution < -0.4 is 9.64 Å². The van der Waals surface area contributed by atoms with Crippen molar-refractivity contribution in [3.8, 4) is 5.75 Å². The van der Waals surface area contributed by atoms with Gasteiger partial charge < -0.3 is 9.64 Å². The van der Waals surface area contributed by atoms with Crippen molar-refractivity contribution in [1.29, 1.82) is 0 Å². The van der Waals surface area contributed by atoms with Gasteiger partial charge in [-0.25, -0.2) is 0 Å². The van der Waals surface area contributed by atoms with E-state index < -0.39 is 0 Å². The first-order valence-corrected chi connectivity index (χ1v) is 8.27. The van der Waals surface area contributed by atoms with E-state index in [0.29, 0.717) is 0 Å². The number of nitrogens with one attached hydrogen (secondary N) is 1. The molecule has 114 valence electrons. The van der Waals surface area contributed by atoms with E-state index in [1.54, 1.807) is 4.90 Å². The van der Waals surface area contributed by atoms with Gasteiger partial charge in [-0.1, -0.05) is 17.7 Å². The summed E-state index contributed by atoms with van der Waals surface area (Å²) in [5.74, 6) is 0.810. The molecule has 0 unspecified atom stereocenters. The Kier molecular flexibility index (Phi) is 8.72. The lowest BCUT2D eigenvalue weighted by atomic mass is 10.2. The van der Waals surface area contributed by atoms with Crippen molar-refractivity contribution in [3.63, 3.8) is 0 Å². The number of hydrogen-bond acceptors (Lipinski definition) is 1. The Morgan fingerprint density at radius 2 is 1.75 bits per heavy atom. The fraction of sp³-hybridized carbons (Fsp3) is 0.647. The Bertz CT molecular complexity index is 377. The van der Waals surface area contributed by atoms with Crippen LogP contribution in [-0.4, -0.2) is 26.2 Å². The van der Waals surface area contributed by atoms with Gasteiger partial charge in [-0.05, 0) is 64.2 Å². The molecule has 1 aromatic carbocycles. The van der Waals surface area contributed by atoms with E-state index in [2.05, 4.69) is 13.8 Å². The summed E-state index contributed by atoms with van der Waals surface area (Å²) < 4.78 is 5.72. The molecule has 0 radical (unpaired) electrons. The number of unbranched alkanes of at least 4 members (excludes halogenated alkanes) is 3. The molecule has 2 nitrogen and oxygen atoms in total. The molecule has 0 spiro atoms. The largest absolute Gasteiger partial charge is 0.492 e. The predicted molar refractivity (Wildman–Crippen MR) is 87.1 cm³/mol. The molecule has 0 bridgehead atoms. The maximum atomic E-state index is 6.13. The number of halogens is 1. The third-order valence-corrected chi connectivity index (χ3v) is 4.06. The number of rotatable bonds is 10. The minimum Gasteiger partial charge on any atom is -0.492 e. The number of hydrogen-bond donors (Lipinski definition) is 1. The lowest BCUT2D eigenvalue weighted by Gasteiger charge is -2.14. The molecular weight excluding hydrogens is 270 g/mol. The Morgan fingerprint density at radius 3 is 2.40 bits per heavy atom. The fourth-order valence-electron chi connectivity index (χ4n) is 2.34. The molecule has 0 saturated heterocycles. The van der Waals surface area contributed by atoms with E-state index in [4.69, 9.17) is 16.3 Å². The minimum atomic E-state index is 0.718. The molecule has 20 heavy (non-hydrogen) atoms. The lowest BCUT2D eigenvalue weighted by molar-refractivity contribution is -0.896. The highest BCUT2D eigenvalue weighted by molar-refractivity contribution is 6.32. The summed E-state index contributed by atoms with van der Waals surface area (Å²) in [6.45, 7) is 11.1. The molecule has 3 heteroatoms. The van der Waals surface area contributed by atoms with Crippen LogP contribution in [-0.2, 0) is 0 Å². The van der Waals surface area contributed by atoms with Crippen LogP contribution in [0.5, 0.6) is 5.75 Å². The van der Waals surface area contributed by atoms with Crippen LogP contribution in [0.2, 0.25) is 5.02 Å². The quantitative estimate of drug-likeness (QED) is 0.653. The summed E-state index contributed by atoms with van der Waals surface area (Å²) >= 11 is 6.13. The van der Waals surface area contributed by atoms with E-state index in [1.165, 1.54) is 44.5 Å². The molecule has 0 atom stereocenters. The van der Waals surface area contributed by atoms with E-state index >= 15 is 0 Å². The third kappa shape index (κ3) is 6.62. The highest BCUT2D eigenvalue weighted by Gasteiger charge is 2.03. The standard InChI is InChI=1S/C17H28ClNO/c1-4-19(5-2)12-8-6-7-9-13-20-17-11-10-15(3)14-16(17)18/h10-11,14H,4-9,12-13H2,1-3H3/p+1. The monoisotopic (exact) mass is 298 g/mol. The van der Waals surface area contributed by atoms with Crippen molar-refractivity contribution in [2.45, 2.75) is 46.5 Å². The molecule has 0 fully saturated rings. The SMILES string of the molecule is CC[NH+](CC)CCCCCCOc1ccc(C)cc1Cl. The summed E-state index contributed by atoms with van der Waals surface area (Å²) in [6, 6.07) is 5.94. The average Bonchev–Trinajstić information content (AvgIpc) is 2.44. The molecule has 0 aromatic heterocycles. The zero-order valence-electron chi connectivity index (χ0n) is 13.2. The van der Waals surface area contributed by atoms with Gasteiger partial charge in [-0.15, -0.1) is 0 Å². The van der Waals surface area contributed by atoms with Gasteiger partial charge >= 0.3 is 0 Å². The Hall–Kier alpha value is -0.730. The van der Waals surface area contributed by atoms with Crippen LogP contribution in [0.4, 0.5) is 0 Å². The van der Waals surface area contributed by atoms with Gasteiger partial charge in [0.1, 0.15) is 5.75 Å². The van der Waals surface area contributed by atoms with E-state index in [9.17, 15) is 0 Å². The fourth-order valence-corrected chi connectivity index (χ4v) is 2.63. The first-order chi connectivity index (χ1) is 9.67. The zero-order valence-corrected chi connectivity index (χ0v) is 13.9. The van der Waals surface area contributed by atoms with Gasteiger partial charge in [-0.3, -0.25) is 0 Å². The molecular formula is C17H29ClNO+. The molecule has 0 heterocycles. The smallest absolute Gasteiger partial charge is 0.137 e. The molecule has 0 amide bonds. The lowest BCUT2D eigenvalue weighted by Crippen LogP contribution is -3.11. The van der Waals surface area contributed by atoms with Crippen molar-refractivity contribution in [2.24, 2.45) is 0 Å². The molecule has 1 rings (SSSR count). The second-order valence-electron chi connectivity index (χ2n) is 5.40. The minimum absolute atomic E-state index is 0.718. The predicted octanol–water partition coefficient (Wildman–Crippen LogP) is 3.51. The maximum Gasteiger partial charge on any atom is 0.137 e. The van der Waals surface area contributed by atoms with Gasteiger partial charge in [0.25, 0.3) is 0 Å². The second-order valence-corrected chi connectivity index (χ2v) is 5.81. The Morgan fingerprint density at radius 1 is 1.05 bits per heavy atom. The van der Waals surface area contributed by atoms with Crippen LogP contribution in [0.25, 0.3) is 0 Å². The molecule has 0 aliphatic rings. The van der Waals surface area contributed by atoms with Crippen molar-refractivity contribution >= 4 is 11.6 Å². The number of benzene rings is 1. The van der Waals surface area contributed by atoms with Crippen LogP contribution in [0.1, 0.15) is 45.1 Å². The van der Waals surface area contributed by atoms with Crippen molar-refractivity contribution in [1.82, 2.24) is 0 Å². The van der Waals surface area contributed by atoms with Crippen LogP contribution in [0.3, 0.4) is 0 Å². The van der Waals surface area contributed by atoms with Crippen LogP contribution in [0.15, 0.2) is 18.2 Å². The van der Waals surface area contributed by atoms with Crippen LogP contribution in [0, 0.1) is 6.92 Å². The average molecular weight is 299 g/mol. The first kappa shape index (κ1) is 17.3. The topological polar surface area (TPSA) is 13.7 Å². The highest BCUT2D eigenvalue weighted by atomic mass is 35.5. The molecule has 0 aliphatic carbocycles. The number of ether oxygens (including phenoxy) is 1. The molecule has 0 saturated carbocycles. The molecule has 1 aromatic rings. The van der Waals surface area contributed by atoms with Crippen LogP contribution >= 0.6 is 11.6 Å². The van der Waals surface area contributed by atoms with Gasteiger partial charge in [-0.2, -0.15) is 0 Å². The van der Waals surface area contributed by atoms with E-state index in [-0.39, 0.29) is 0 Å². The van der Waals surface area contributed by atoms with Crippen molar-refractivity contribution in [2.75, 3.05) is 26.2 Å². The Balaban J connectivity index is 2.07. The van der Waals surface area contributed by atoms with Gasteiger partial charge in [0.15, 0.2) is 0 Å². The Labute approximate surface area is 129 Å². The number of aryl methyl sites for hydroxylation is 1. The zero-order chi connectivity index (χ0) is 14.8. The second kappa shape index (κ2) is 10.1.